The van der Waals surface area contributed by atoms with Crippen molar-refractivity contribution in [3.8, 4) is 5.75 Å². The summed E-state index contributed by atoms with van der Waals surface area (Å²) in [6, 6.07) is 10.8. The number of fused-ring (bicyclic) bond motifs is 1. The number of phenols is 1. The number of benzene rings is 2. The minimum Gasteiger partial charge on any atom is -0.507 e. The monoisotopic (exact) mass is 310 g/mol. The van der Waals surface area contributed by atoms with E-state index in [0.29, 0.717) is 28.6 Å². The molecule has 1 heterocycles. The van der Waals surface area contributed by atoms with E-state index in [1.165, 1.54) is 6.26 Å². The van der Waals surface area contributed by atoms with E-state index in [2.05, 4.69) is 0 Å². The molecular weight excluding hydrogens is 290 g/mol. The van der Waals surface area contributed by atoms with Gasteiger partial charge < -0.3 is 14.4 Å². The van der Waals surface area contributed by atoms with E-state index in [-0.39, 0.29) is 11.5 Å². The number of aryl methyl sites for hydroxylation is 1. The van der Waals surface area contributed by atoms with Gasteiger partial charge in [-0.25, -0.2) is 0 Å². The van der Waals surface area contributed by atoms with E-state index in [4.69, 9.17) is 4.42 Å². The molecule has 2 N–H and O–H groups in total. The number of carbonyl (C=O) groups is 1. The van der Waals surface area contributed by atoms with Crippen molar-refractivity contribution in [1.82, 2.24) is 0 Å². The Morgan fingerprint density at radius 3 is 2.48 bits per heavy atom. The van der Waals surface area contributed by atoms with Gasteiger partial charge >= 0.3 is 0 Å². The number of rotatable bonds is 4. The first kappa shape index (κ1) is 15.3. The standard InChI is InChI=1S/C19H19NO3/c1-12-4-6-13(7-5-12)19(22)15-11-23-17-9-8-16(21)14(18(15)17)10-20(2)3/h4-9,11,21H,10H2,1-3H3/p+1. The molecule has 4 nitrogen and oxygen atoms in total. The normalized spacial score (nSPS) is 11.3. The second kappa shape index (κ2) is 5.89. The summed E-state index contributed by atoms with van der Waals surface area (Å²) in [5.41, 5.74) is 3.58. The van der Waals surface area contributed by atoms with E-state index in [1.54, 1.807) is 12.1 Å². The third kappa shape index (κ3) is 2.85. The maximum atomic E-state index is 12.8. The van der Waals surface area contributed by atoms with Crippen LogP contribution in [0.15, 0.2) is 47.1 Å². The lowest BCUT2D eigenvalue weighted by molar-refractivity contribution is -0.872. The Labute approximate surface area is 135 Å². The van der Waals surface area contributed by atoms with Gasteiger partial charge in [-0.15, -0.1) is 0 Å². The molecule has 0 unspecified atom stereocenters. The Morgan fingerprint density at radius 2 is 1.83 bits per heavy atom. The van der Waals surface area contributed by atoms with Gasteiger partial charge in [-0.3, -0.25) is 4.79 Å². The van der Waals surface area contributed by atoms with Gasteiger partial charge in [0.2, 0.25) is 0 Å². The maximum absolute atomic E-state index is 12.8. The molecule has 0 aliphatic carbocycles. The van der Waals surface area contributed by atoms with Crippen LogP contribution in [0.1, 0.15) is 27.0 Å². The lowest BCUT2D eigenvalue weighted by Gasteiger charge is -2.11. The second-order valence-corrected chi connectivity index (χ2v) is 6.16. The second-order valence-electron chi connectivity index (χ2n) is 6.16. The average Bonchev–Trinajstić information content (AvgIpc) is 2.94. The zero-order valence-electron chi connectivity index (χ0n) is 13.5. The third-order valence-corrected chi connectivity index (χ3v) is 3.91. The number of hydrogen-bond acceptors (Lipinski definition) is 3. The van der Waals surface area contributed by atoms with E-state index >= 15 is 0 Å². The van der Waals surface area contributed by atoms with Gasteiger partial charge in [0.15, 0.2) is 5.78 Å². The SMILES string of the molecule is Cc1ccc(C(=O)c2coc3ccc(O)c(C[NH+](C)C)c23)cc1. The summed E-state index contributed by atoms with van der Waals surface area (Å²) in [6.45, 7) is 2.59. The molecule has 3 aromatic rings. The first-order valence-corrected chi connectivity index (χ1v) is 7.60. The van der Waals surface area contributed by atoms with Crippen LogP contribution in [0.4, 0.5) is 0 Å². The van der Waals surface area contributed by atoms with E-state index < -0.39 is 0 Å². The summed E-state index contributed by atoms with van der Waals surface area (Å²) < 4.78 is 5.55. The quantitative estimate of drug-likeness (QED) is 0.727. The highest BCUT2D eigenvalue weighted by atomic mass is 16.3. The molecule has 0 aliphatic heterocycles. The van der Waals surface area contributed by atoms with Crippen molar-refractivity contribution < 1.29 is 19.2 Å². The summed E-state index contributed by atoms with van der Waals surface area (Å²) in [7, 11) is 4.00. The van der Waals surface area contributed by atoms with Gasteiger partial charge in [-0.05, 0) is 19.1 Å². The molecule has 23 heavy (non-hydrogen) atoms. The van der Waals surface area contributed by atoms with Crippen LogP contribution >= 0.6 is 0 Å². The molecule has 2 aromatic carbocycles. The predicted molar refractivity (Wildman–Crippen MR) is 89.0 cm³/mol. The minimum absolute atomic E-state index is 0.0932. The third-order valence-electron chi connectivity index (χ3n) is 3.91. The van der Waals surface area contributed by atoms with Crippen molar-refractivity contribution in [2.45, 2.75) is 13.5 Å². The molecule has 0 bridgehead atoms. The van der Waals surface area contributed by atoms with Gasteiger partial charge in [0.25, 0.3) is 0 Å². The summed E-state index contributed by atoms with van der Waals surface area (Å²) in [4.78, 5) is 14.0. The summed E-state index contributed by atoms with van der Waals surface area (Å²) in [6.07, 6.45) is 1.49. The zero-order chi connectivity index (χ0) is 16.6. The number of nitrogens with one attached hydrogen (secondary N) is 1. The molecule has 1 aromatic heterocycles. The van der Waals surface area contributed by atoms with E-state index in [1.807, 2.05) is 45.3 Å². The summed E-state index contributed by atoms with van der Waals surface area (Å²) in [5, 5.41) is 10.9. The van der Waals surface area contributed by atoms with E-state index in [9.17, 15) is 9.90 Å². The molecule has 118 valence electrons. The van der Waals surface area contributed by atoms with Crippen molar-refractivity contribution >= 4 is 16.8 Å². The van der Waals surface area contributed by atoms with Crippen LogP contribution in [0.2, 0.25) is 0 Å². The van der Waals surface area contributed by atoms with Crippen LogP contribution in [0.5, 0.6) is 5.75 Å². The van der Waals surface area contributed by atoms with Crippen molar-refractivity contribution in [2.75, 3.05) is 14.1 Å². The Kier molecular flexibility index (Phi) is 3.92. The van der Waals surface area contributed by atoms with Crippen LogP contribution in [0, 0.1) is 6.92 Å². The van der Waals surface area contributed by atoms with Gasteiger partial charge in [-0.2, -0.15) is 0 Å². The van der Waals surface area contributed by atoms with Crippen molar-refractivity contribution in [3.63, 3.8) is 0 Å². The van der Waals surface area contributed by atoms with Gasteiger partial charge in [-0.1, -0.05) is 29.8 Å². The summed E-state index contributed by atoms with van der Waals surface area (Å²) in [5.74, 6) is 0.0995. The average molecular weight is 310 g/mol. The number of phenolic OH excluding ortho intramolecular Hbond substituents is 1. The molecule has 0 atom stereocenters. The molecule has 0 radical (unpaired) electrons. The molecule has 0 fully saturated rings. The molecule has 3 rings (SSSR count). The zero-order valence-corrected chi connectivity index (χ0v) is 13.5. The van der Waals surface area contributed by atoms with Crippen LogP contribution in [0.25, 0.3) is 11.0 Å². The fourth-order valence-electron chi connectivity index (χ4n) is 2.75. The fraction of sp³-hybridized carbons (Fsp3) is 0.211. The number of ketones is 1. The van der Waals surface area contributed by atoms with Crippen LogP contribution in [-0.4, -0.2) is 25.0 Å². The van der Waals surface area contributed by atoms with E-state index in [0.717, 1.165) is 16.0 Å². The minimum atomic E-state index is -0.0932. The Balaban J connectivity index is 2.16. The highest BCUT2D eigenvalue weighted by Gasteiger charge is 2.21. The van der Waals surface area contributed by atoms with Gasteiger partial charge in [0.1, 0.15) is 24.1 Å². The van der Waals surface area contributed by atoms with Gasteiger partial charge in [0.05, 0.1) is 25.2 Å². The van der Waals surface area contributed by atoms with Crippen molar-refractivity contribution in [3.05, 3.63) is 64.9 Å². The molecule has 0 amide bonds. The lowest BCUT2D eigenvalue weighted by Crippen LogP contribution is -3.04. The van der Waals surface area contributed by atoms with Gasteiger partial charge in [0, 0.05) is 10.9 Å². The molecule has 0 spiro atoms. The maximum Gasteiger partial charge on any atom is 0.196 e. The lowest BCUT2D eigenvalue weighted by atomic mass is 9.98. The molecule has 4 heteroatoms. The van der Waals surface area contributed by atoms with Crippen LogP contribution in [-0.2, 0) is 6.54 Å². The molecule has 0 saturated heterocycles. The highest BCUT2D eigenvalue weighted by molar-refractivity contribution is 6.16. The first-order chi connectivity index (χ1) is 11.0. The largest absolute Gasteiger partial charge is 0.507 e. The van der Waals surface area contributed by atoms with Crippen LogP contribution < -0.4 is 4.90 Å². The Bertz CT molecular complexity index is 860. The number of quaternary nitrogens is 1. The van der Waals surface area contributed by atoms with Crippen LogP contribution in [0.3, 0.4) is 0 Å². The molecule has 0 aliphatic rings. The molecular formula is C19H20NO3+. The fourth-order valence-corrected chi connectivity index (χ4v) is 2.75. The molecule has 0 saturated carbocycles. The predicted octanol–water partition coefficient (Wildman–Crippen LogP) is 2.32. The highest BCUT2D eigenvalue weighted by Crippen LogP contribution is 2.32. The number of aromatic hydroxyl groups is 1. The van der Waals surface area contributed by atoms with Crippen molar-refractivity contribution in [2.24, 2.45) is 0 Å². The topological polar surface area (TPSA) is 54.9 Å². The number of carbonyl (C=O) groups excluding carboxylic acids is 1. The Morgan fingerprint density at radius 1 is 1.13 bits per heavy atom. The Hall–Kier alpha value is -2.59. The number of hydrogen-bond donors (Lipinski definition) is 2. The smallest absolute Gasteiger partial charge is 0.196 e. The van der Waals surface area contributed by atoms with Crippen molar-refractivity contribution in [1.29, 1.82) is 0 Å². The summed E-state index contributed by atoms with van der Waals surface area (Å²) >= 11 is 0. The number of furan rings is 1. The first-order valence-electron chi connectivity index (χ1n) is 7.60.